The van der Waals surface area contributed by atoms with Gasteiger partial charge in [0.1, 0.15) is 0 Å². The monoisotopic (exact) mass is 450 g/mol. The molecule has 0 aromatic carbocycles. The van der Waals surface area contributed by atoms with E-state index in [1.54, 1.807) is 11.3 Å². The summed E-state index contributed by atoms with van der Waals surface area (Å²) in [5, 5.41) is 6.76. The molecule has 0 amide bonds. The molecular weight excluding hydrogens is 419 g/mol. The fraction of sp³-hybridized carbons (Fsp3) is 0.647. The summed E-state index contributed by atoms with van der Waals surface area (Å²) < 4.78 is 0. The molecule has 0 saturated carbocycles. The summed E-state index contributed by atoms with van der Waals surface area (Å²) in [5.41, 5.74) is 1.31. The molecule has 0 bridgehead atoms. The minimum Gasteiger partial charge on any atom is -0.356 e. The van der Waals surface area contributed by atoms with E-state index in [2.05, 4.69) is 55.0 Å². The largest absolute Gasteiger partial charge is 0.356 e. The first kappa shape index (κ1) is 22.4. The predicted octanol–water partition coefficient (Wildman–Crippen LogP) is 4.07. The minimum atomic E-state index is 0. The third-order valence-corrected chi connectivity index (χ3v) is 4.33. The Balaban J connectivity index is 0.00000484. The van der Waals surface area contributed by atoms with E-state index in [4.69, 9.17) is 4.98 Å². The second-order valence-electron chi connectivity index (χ2n) is 6.45. The number of rotatable bonds is 7. The van der Waals surface area contributed by atoms with Crippen LogP contribution in [0.2, 0.25) is 0 Å². The number of nitrogens with zero attached hydrogens (tertiary/aromatic N) is 3. The first-order chi connectivity index (χ1) is 10.4. The number of guanidine groups is 1. The molecule has 0 unspecified atom stereocenters. The molecule has 0 radical (unpaired) electrons. The predicted molar refractivity (Wildman–Crippen MR) is 113 cm³/mol. The van der Waals surface area contributed by atoms with Crippen molar-refractivity contribution in [3.63, 3.8) is 0 Å². The van der Waals surface area contributed by atoms with Gasteiger partial charge in [0, 0.05) is 44.4 Å². The van der Waals surface area contributed by atoms with E-state index in [0.717, 1.165) is 38.3 Å². The average Bonchev–Trinajstić information content (AvgIpc) is 2.92. The van der Waals surface area contributed by atoms with Gasteiger partial charge in [-0.3, -0.25) is 4.99 Å². The van der Waals surface area contributed by atoms with Crippen LogP contribution in [0.4, 0.5) is 0 Å². The summed E-state index contributed by atoms with van der Waals surface area (Å²) in [4.78, 5) is 11.2. The van der Waals surface area contributed by atoms with E-state index >= 15 is 0 Å². The molecule has 0 atom stereocenters. The van der Waals surface area contributed by atoms with Crippen LogP contribution in [0.25, 0.3) is 0 Å². The quantitative estimate of drug-likeness (QED) is 0.224. The number of hydrogen-bond acceptors (Lipinski definition) is 3. The van der Waals surface area contributed by atoms with Crippen molar-refractivity contribution in [1.29, 1.82) is 0 Å². The first-order valence-corrected chi connectivity index (χ1v) is 8.74. The van der Waals surface area contributed by atoms with Crippen LogP contribution in [0.3, 0.4) is 0 Å². The Morgan fingerprint density at radius 2 is 2.17 bits per heavy atom. The molecule has 0 spiro atoms. The number of unbranched alkanes of at least 4 members (excludes halogenated alkanes) is 1. The number of aromatic nitrogens is 1. The molecule has 1 rings (SSSR count). The lowest BCUT2D eigenvalue weighted by molar-refractivity contribution is 0.470. The fourth-order valence-corrected chi connectivity index (χ4v) is 3.04. The zero-order valence-electron chi connectivity index (χ0n) is 15.1. The van der Waals surface area contributed by atoms with Crippen molar-refractivity contribution in [1.82, 2.24) is 15.2 Å². The Morgan fingerprint density at radius 1 is 1.48 bits per heavy atom. The maximum Gasteiger partial charge on any atom is 0.193 e. The van der Waals surface area contributed by atoms with Crippen LogP contribution in [-0.2, 0) is 11.8 Å². The average molecular weight is 450 g/mol. The van der Waals surface area contributed by atoms with Gasteiger partial charge in [0.25, 0.3) is 0 Å². The van der Waals surface area contributed by atoms with E-state index < -0.39 is 0 Å². The van der Waals surface area contributed by atoms with Crippen LogP contribution in [0.5, 0.6) is 0 Å². The molecule has 6 heteroatoms. The van der Waals surface area contributed by atoms with Gasteiger partial charge in [0.05, 0.1) is 10.7 Å². The van der Waals surface area contributed by atoms with Gasteiger partial charge in [-0.2, -0.15) is 0 Å². The highest BCUT2D eigenvalue weighted by Gasteiger charge is 2.17. The Kier molecular flexibility index (Phi) is 10.7. The number of hydrogen-bond donors (Lipinski definition) is 1. The number of thiazole rings is 1. The Labute approximate surface area is 162 Å². The SMILES string of the molecule is C=CCCCN(C)C(=NC)NCCc1nc(C(C)(C)C)cs1.I. The topological polar surface area (TPSA) is 40.5 Å². The van der Waals surface area contributed by atoms with E-state index in [0.29, 0.717) is 0 Å². The van der Waals surface area contributed by atoms with Crippen LogP contribution in [0, 0.1) is 0 Å². The molecule has 4 nitrogen and oxygen atoms in total. The lowest BCUT2D eigenvalue weighted by Crippen LogP contribution is -2.40. The smallest absolute Gasteiger partial charge is 0.193 e. The van der Waals surface area contributed by atoms with E-state index in [1.165, 1.54) is 10.7 Å². The molecule has 1 aromatic rings. The Hall–Kier alpha value is -0.630. The van der Waals surface area contributed by atoms with Crippen molar-refractivity contribution >= 4 is 41.3 Å². The summed E-state index contributed by atoms with van der Waals surface area (Å²) in [7, 11) is 3.90. The van der Waals surface area contributed by atoms with Crippen LogP contribution in [0.15, 0.2) is 23.0 Å². The van der Waals surface area contributed by atoms with Crippen LogP contribution in [0.1, 0.15) is 44.3 Å². The maximum absolute atomic E-state index is 4.72. The molecule has 1 heterocycles. The zero-order valence-corrected chi connectivity index (χ0v) is 18.2. The van der Waals surface area contributed by atoms with E-state index in [9.17, 15) is 0 Å². The third kappa shape index (κ3) is 8.15. The van der Waals surface area contributed by atoms with Gasteiger partial charge in [-0.05, 0) is 12.8 Å². The fourth-order valence-electron chi connectivity index (χ4n) is 2.01. The highest BCUT2D eigenvalue weighted by molar-refractivity contribution is 14.0. The molecule has 0 aliphatic rings. The molecule has 132 valence electrons. The standard InChI is InChI=1S/C17H30N4S.HI/c1-7-8-9-12-21(6)16(18-5)19-11-10-15-20-14(13-22-15)17(2,3)4;/h7,13H,1,8-12H2,2-6H3,(H,18,19);1H. The van der Waals surface area contributed by atoms with Crippen LogP contribution >= 0.6 is 35.3 Å². The molecule has 1 aromatic heterocycles. The number of nitrogens with one attached hydrogen (secondary N) is 1. The lowest BCUT2D eigenvalue weighted by atomic mass is 9.93. The molecule has 0 fully saturated rings. The molecule has 0 aliphatic carbocycles. The Bertz CT molecular complexity index is 491. The van der Waals surface area contributed by atoms with E-state index in [-0.39, 0.29) is 29.4 Å². The van der Waals surface area contributed by atoms with Crippen LogP contribution in [-0.4, -0.2) is 43.0 Å². The zero-order chi connectivity index (χ0) is 16.6. The number of halogens is 1. The lowest BCUT2D eigenvalue weighted by Gasteiger charge is -2.21. The van der Waals surface area contributed by atoms with Gasteiger partial charge >= 0.3 is 0 Å². The van der Waals surface area contributed by atoms with Gasteiger partial charge in [0.2, 0.25) is 0 Å². The minimum absolute atomic E-state index is 0. The van der Waals surface area contributed by atoms with Crippen molar-refractivity contribution in [3.8, 4) is 0 Å². The van der Waals surface area contributed by atoms with E-state index in [1.807, 2.05) is 13.1 Å². The molecular formula is C17H31IN4S. The summed E-state index contributed by atoms with van der Waals surface area (Å²) in [5.74, 6) is 0.941. The van der Waals surface area contributed by atoms with Crippen molar-refractivity contribution in [2.45, 2.75) is 45.4 Å². The first-order valence-electron chi connectivity index (χ1n) is 7.86. The third-order valence-electron chi connectivity index (χ3n) is 3.42. The summed E-state index contributed by atoms with van der Waals surface area (Å²) >= 11 is 1.75. The molecule has 23 heavy (non-hydrogen) atoms. The van der Waals surface area contributed by atoms with Crippen LogP contribution < -0.4 is 5.32 Å². The molecule has 0 saturated heterocycles. The molecule has 1 N–H and O–H groups in total. The Morgan fingerprint density at radius 3 is 2.70 bits per heavy atom. The normalized spacial score (nSPS) is 11.8. The second kappa shape index (κ2) is 11.0. The second-order valence-corrected chi connectivity index (χ2v) is 7.40. The summed E-state index contributed by atoms with van der Waals surface area (Å²) in [6.07, 6.45) is 5.03. The highest BCUT2D eigenvalue weighted by Crippen LogP contribution is 2.23. The van der Waals surface area contributed by atoms with Crippen molar-refractivity contribution in [3.05, 3.63) is 28.7 Å². The number of allylic oxidation sites excluding steroid dienone is 1. The van der Waals surface area contributed by atoms with Crippen molar-refractivity contribution in [2.75, 3.05) is 27.2 Å². The van der Waals surface area contributed by atoms with Gasteiger partial charge in [-0.25, -0.2) is 4.98 Å². The molecule has 0 aliphatic heterocycles. The van der Waals surface area contributed by atoms with Crippen molar-refractivity contribution in [2.24, 2.45) is 4.99 Å². The van der Waals surface area contributed by atoms with Gasteiger partial charge in [-0.15, -0.1) is 41.9 Å². The maximum atomic E-state index is 4.72. The van der Waals surface area contributed by atoms with Gasteiger partial charge in [0.15, 0.2) is 5.96 Å². The van der Waals surface area contributed by atoms with Crippen molar-refractivity contribution < 1.29 is 0 Å². The van der Waals surface area contributed by atoms with Gasteiger partial charge < -0.3 is 10.2 Å². The highest BCUT2D eigenvalue weighted by atomic mass is 127. The summed E-state index contributed by atoms with van der Waals surface area (Å²) in [6, 6.07) is 0. The van der Waals surface area contributed by atoms with Gasteiger partial charge in [-0.1, -0.05) is 26.8 Å². The number of aliphatic imine (C=N–C) groups is 1. The summed E-state index contributed by atoms with van der Waals surface area (Å²) in [6.45, 7) is 12.2.